The van der Waals surface area contributed by atoms with E-state index in [4.69, 9.17) is 14.4 Å². The minimum atomic E-state index is -0.648. The second kappa shape index (κ2) is 3.78. The van der Waals surface area contributed by atoms with Crippen molar-refractivity contribution >= 4 is 9.47 Å². The molecule has 0 radical (unpaired) electrons. The molecule has 1 rings (SSSR count). The van der Waals surface area contributed by atoms with E-state index in [1.165, 1.54) is 0 Å². The number of hydrogen-bond donors (Lipinski definition) is 2. The molecule has 5 atom stereocenters. The van der Waals surface area contributed by atoms with Crippen LogP contribution < -0.4 is 0 Å². The summed E-state index contributed by atoms with van der Waals surface area (Å²) in [5.41, 5.74) is 0. The van der Waals surface area contributed by atoms with Gasteiger partial charge in [0.25, 0.3) is 0 Å². The van der Waals surface area contributed by atoms with Gasteiger partial charge in [-0.15, -0.1) is 0 Å². The van der Waals surface area contributed by atoms with Crippen molar-refractivity contribution in [3.05, 3.63) is 0 Å². The fourth-order valence-corrected chi connectivity index (χ4v) is 1.57. The molecule has 0 bridgehead atoms. The van der Waals surface area contributed by atoms with Gasteiger partial charge in [-0.25, -0.2) is 0 Å². The number of hydrogen-bond acceptors (Lipinski definition) is 4. The van der Waals surface area contributed by atoms with E-state index < -0.39 is 18.3 Å². The van der Waals surface area contributed by atoms with Gasteiger partial charge in [0.05, 0.1) is 12.7 Å². The smallest absolute Gasteiger partial charge is 0.118 e. The Labute approximate surface area is 67.8 Å². The first-order chi connectivity index (χ1) is 5.20. The lowest BCUT2D eigenvalue weighted by molar-refractivity contribution is -0.00855. The highest BCUT2D eigenvalue weighted by Gasteiger charge is 2.41. The maximum absolute atomic E-state index is 9.38. The average molecular weight is 180 g/mol. The highest BCUT2D eigenvalue weighted by Crippen LogP contribution is 2.24. The van der Waals surface area contributed by atoms with E-state index in [2.05, 4.69) is 9.47 Å². The highest BCUT2D eigenvalue weighted by molar-refractivity contribution is 7.09. The van der Waals surface area contributed by atoms with E-state index in [1.807, 2.05) is 0 Å². The van der Waals surface area contributed by atoms with Crippen LogP contribution in [0, 0.1) is 0 Å². The highest BCUT2D eigenvalue weighted by atomic mass is 31.0. The van der Waals surface area contributed by atoms with E-state index in [0.717, 1.165) is 0 Å². The number of rotatable bonds is 2. The Bertz CT molecular complexity index is 132. The van der Waals surface area contributed by atoms with E-state index in [9.17, 15) is 5.11 Å². The molecule has 1 heterocycles. The van der Waals surface area contributed by atoms with Gasteiger partial charge in [0.15, 0.2) is 0 Å². The van der Waals surface area contributed by atoms with Crippen LogP contribution in [0.3, 0.4) is 0 Å². The topological polar surface area (TPSA) is 58.9 Å². The van der Waals surface area contributed by atoms with Gasteiger partial charge in [0.2, 0.25) is 0 Å². The Kier molecular flexibility index (Phi) is 3.22. The molecule has 0 aromatic heterocycles. The van der Waals surface area contributed by atoms with Crippen molar-refractivity contribution < 1.29 is 19.5 Å². The van der Waals surface area contributed by atoms with Gasteiger partial charge in [-0.3, -0.25) is 0 Å². The summed E-state index contributed by atoms with van der Waals surface area (Å²) >= 11 is 0. The van der Waals surface area contributed by atoms with Crippen LogP contribution in [0.5, 0.6) is 0 Å². The molecule has 0 aromatic rings. The number of aliphatic hydroxyl groups excluding tert-OH is 2. The SMILES string of the molecule is C[C@@H]1O[C@H](CO)C(OP)[C@@H]1O. The van der Waals surface area contributed by atoms with Crippen molar-refractivity contribution in [3.8, 4) is 0 Å². The summed E-state index contributed by atoms with van der Waals surface area (Å²) in [5, 5.41) is 18.2. The molecule has 1 aliphatic rings. The van der Waals surface area contributed by atoms with Gasteiger partial charge < -0.3 is 19.5 Å². The Balaban J connectivity index is 2.57. The first-order valence-electron chi connectivity index (χ1n) is 3.50. The predicted octanol–water partition coefficient (Wildman–Crippen LogP) is -0.698. The predicted molar refractivity (Wildman–Crippen MR) is 42.0 cm³/mol. The molecular formula is C6H13O4P. The maximum Gasteiger partial charge on any atom is 0.118 e. The molecule has 2 unspecified atom stereocenters. The van der Waals surface area contributed by atoms with Gasteiger partial charge >= 0.3 is 0 Å². The van der Waals surface area contributed by atoms with Crippen molar-refractivity contribution in [3.63, 3.8) is 0 Å². The summed E-state index contributed by atoms with van der Waals surface area (Å²) in [6, 6.07) is 0. The molecule has 2 N–H and O–H groups in total. The second-order valence-electron chi connectivity index (χ2n) is 2.65. The van der Waals surface area contributed by atoms with Crippen molar-refractivity contribution in [1.82, 2.24) is 0 Å². The van der Waals surface area contributed by atoms with E-state index >= 15 is 0 Å². The van der Waals surface area contributed by atoms with Crippen molar-refractivity contribution in [1.29, 1.82) is 0 Å². The Morgan fingerprint density at radius 3 is 2.64 bits per heavy atom. The zero-order chi connectivity index (χ0) is 8.43. The van der Waals surface area contributed by atoms with Crippen LogP contribution in [0.2, 0.25) is 0 Å². The lowest BCUT2D eigenvalue weighted by atomic mass is 10.1. The van der Waals surface area contributed by atoms with Gasteiger partial charge in [-0.1, -0.05) is 0 Å². The van der Waals surface area contributed by atoms with Crippen LogP contribution in [0.4, 0.5) is 0 Å². The monoisotopic (exact) mass is 180 g/mol. The van der Waals surface area contributed by atoms with Crippen LogP contribution in [0.1, 0.15) is 6.92 Å². The third-order valence-electron chi connectivity index (χ3n) is 1.91. The van der Waals surface area contributed by atoms with Crippen LogP contribution in [-0.2, 0) is 9.26 Å². The summed E-state index contributed by atoms with van der Waals surface area (Å²) in [6.45, 7) is 1.62. The fraction of sp³-hybridized carbons (Fsp3) is 1.00. The third kappa shape index (κ3) is 1.71. The quantitative estimate of drug-likeness (QED) is 0.552. The molecule has 1 saturated heterocycles. The van der Waals surface area contributed by atoms with E-state index in [1.54, 1.807) is 6.92 Å². The summed E-state index contributed by atoms with van der Waals surface area (Å²) < 4.78 is 10.1. The van der Waals surface area contributed by atoms with Crippen LogP contribution in [0.25, 0.3) is 0 Å². The molecule has 0 aromatic carbocycles. The van der Waals surface area contributed by atoms with Gasteiger partial charge in [-0.2, -0.15) is 0 Å². The molecule has 11 heavy (non-hydrogen) atoms. The first kappa shape index (κ1) is 9.36. The molecule has 1 aliphatic heterocycles. The zero-order valence-corrected chi connectivity index (χ0v) is 7.46. The van der Waals surface area contributed by atoms with E-state index in [-0.39, 0.29) is 12.7 Å². The minimum absolute atomic E-state index is 0.125. The second-order valence-corrected chi connectivity index (χ2v) is 2.93. The van der Waals surface area contributed by atoms with Crippen molar-refractivity contribution in [2.75, 3.05) is 6.61 Å². The average Bonchev–Trinajstić information content (AvgIpc) is 2.28. The molecule has 1 fully saturated rings. The standard InChI is InChI=1S/C6H13O4P/c1-3-5(8)6(10-11)4(2-7)9-3/h3-8H,2,11H2,1H3/t3-,4+,5+,6?/m0/s1. The number of aliphatic hydroxyl groups is 2. The first-order valence-corrected chi connectivity index (χ1v) is 3.97. The maximum atomic E-state index is 9.38. The van der Waals surface area contributed by atoms with Gasteiger partial charge in [0, 0.05) is 9.47 Å². The van der Waals surface area contributed by atoms with Gasteiger partial charge in [0.1, 0.15) is 18.3 Å². The molecule has 5 heteroatoms. The Hall–Kier alpha value is 0.270. The van der Waals surface area contributed by atoms with Gasteiger partial charge in [-0.05, 0) is 6.92 Å². The zero-order valence-electron chi connectivity index (χ0n) is 6.30. The molecule has 66 valence electrons. The van der Waals surface area contributed by atoms with E-state index in [0.29, 0.717) is 0 Å². The Morgan fingerprint density at radius 2 is 2.27 bits per heavy atom. The lowest BCUT2D eigenvalue weighted by Gasteiger charge is -2.15. The summed E-state index contributed by atoms with van der Waals surface area (Å²) in [6.07, 6.45) is -1.75. The molecule has 0 amide bonds. The Morgan fingerprint density at radius 1 is 1.64 bits per heavy atom. The fourth-order valence-electron chi connectivity index (χ4n) is 1.24. The van der Waals surface area contributed by atoms with Crippen molar-refractivity contribution in [2.45, 2.75) is 31.3 Å². The van der Waals surface area contributed by atoms with Crippen LogP contribution >= 0.6 is 9.47 Å². The molecule has 0 spiro atoms. The molecule has 4 nitrogen and oxygen atoms in total. The van der Waals surface area contributed by atoms with Crippen LogP contribution in [0.15, 0.2) is 0 Å². The summed E-state index contributed by atoms with van der Waals surface area (Å²) in [5.74, 6) is 0. The van der Waals surface area contributed by atoms with Crippen molar-refractivity contribution in [2.24, 2.45) is 0 Å². The normalized spacial score (nSPS) is 44.7. The van der Waals surface area contributed by atoms with Crippen LogP contribution in [-0.4, -0.2) is 41.2 Å². The molecular weight excluding hydrogens is 167 g/mol. The summed E-state index contributed by atoms with van der Waals surface area (Å²) in [7, 11) is 2.07. The lowest BCUT2D eigenvalue weighted by Crippen LogP contribution is -2.33. The largest absolute Gasteiger partial charge is 0.394 e. The molecule has 0 saturated carbocycles. The third-order valence-corrected chi connectivity index (χ3v) is 2.22. The minimum Gasteiger partial charge on any atom is -0.394 e. The molecule has 0 aliphatic carbocycles. The summed E-state index contributed by atoms with van der Waals surface area (Å²) in [4.78, 5) is 0. The number of ether oxygens (including phenoxy) is 1.